The van der Waals surface area contributed by atoms with Crippen molar-refractivity contribution in [2.75, 3.05) is 44.7 Å². The fourth-order valence-electron chi connectivity index (χ4n) is 2.31. The van der Waals surface area contributed by atoms with Crippen LogP contribution in [0.1, 0.15) is 6.42 Å². The molecule has 0 spiro atoms. The van der Waals surface area contributed by atoms with Crippen molar-refractivity contribution in [3.63, 3.8) is 0 Å². The first-order chi connectivity index (χ1) is 8.87. The predicted octanol–water partition coefficient (Wildman–Crippen LogP) is -1.94. The second kappa shape index (κ2) is 5.46. The fourth-order valence-corrected chi connectivity index (χ4v) is 3.75. The van der Waals surface area contributed by atoms with Crippen LogP contribution in [-0.4, -0.2) is 80.8 Å². The Bertz CT molecular complexity index is 476. The maximum atomic E-state index is 12.0. The highest BCUT2D eigenvalue weighted by Gasteiger charge is 2.30. The Kier molecular flexibility index (Phi) is 4.10. The summed E-state index contributed by atoms with van der Waals surface area (Å²) in [5, 5.41) is 3.04. The van der Waals surface area contributed by atoms with Gasteiger partial charge in [-0.1, -0.05) is 0 Å². The molecule has 2 rings (SSSR count). The molecule has 0 bridgehead atoms. The molecule has 2 amide bonds. The van der Waals surface area contributed by atoms with E-state index in [1.165, 1.54) is 4.90 Å². The molecule has 0 saturated carbocycles. The number of nitrogens with one attached hydrogen (secondary N) is 1. The highest BCUT2D eigenvalue weighted by atomic mass is 32.2. The monoisotopic (exact) mass is 289 g/mol. The van der Waals surface area contributed by atoms with Crippen molar-refractivity contribution in [3.05, 3.63) is 0 Å². The van der Waals surface area contributed by atoms with E-state index >= 15 is 0 Å². The molecular weight excluding hydrogens is 270 g/mol. The molecule has 1 N–H and O–H groups in total. The number of likely N-dealkylation sites (N-methyl/N-ethyl adjacent to an activating group) is 1. The van der Waals surface area contributed by atoms with Crippen LogP contribution in [0.4, 0.5) is 0 Å². The van der Waals surface area contributed by atoms with E-state index in [1.54, 1.807) is 11.9 Å². The number of carbonyl (C=O) groups excluding carboxylic acids is 2. The summed E-state index contributed by atoms with van der Waals surface area (Å²) < 4.78 is 23.0. The summed E-state index contributed by atoms with van der Waals surface area (Å²) in [5.74, 6) is -0.106. The van der Waals surface area contributed by atoms with Crippen LogP contribution in [0, 0.1) is 0 Å². The van der Waals surface area contributed by atoms with E-state index in [1.807, 2.05) is 0 Å². The lowest BCUT2D eigenvalue weighted by Gasteiger charge is -2.33. The summed E-state index contributed by atoms with van der Waals surface area (Å²) in [7, 11) is -1.33. The summed E-state index contributed by atoms with van der Waals surface area (Å²) >= 11 is 0. The lowest BCUT2D eigenvalue weighted by molar-refractivity contribution is -0.144. The molecule has 2 heterocycles. The summed E-state index contributed by atoms with van der Waals surface area (Å²) in [5.41, 5.74) is 0. The molecule has 7 nitrogen and oxygen atoms in total. The number of rotatable bonds is 2. The van der Waals surface area contributed by atoms with Crippen LogP contribution in [0.15, 0.2) is 0 Å². The number of hydrogen-bond donors (Lipinski definition) is 1. The van der Waals surface area contributed by atoms with E-state index < -0.39 is 9.84 Å². The lowest BCUT2D eigenvalue weighted by Crippen LogP contribution is -2.53. The van der Waals surface area contributed by atoms with Crippen molar-refractivity contribution < 1.29 is 18.0 Å². The average molecular weight is 289 g/mol. The smallest absolute Gasteiger partial charge is 0.241 e. The molecule has 19 heavy (non-hydrogen) atoms. The predicted molar refractivity (Wildman–Crippen MR) is 69.3 cm³/mol. The van der Waals surface area contributed by atoms with E-state index in [2.05, 4.69) is 5.32 Å². The molecule has 0 aliphatic carbocycles. The SMILES string of the molecule is CN1CCN(C(=O)CC2CS(=O)(=O)CCN2)CC1=O. The first-order valence-electron chi connectivity index (χ1n) is 6.33. The Morgan fingerprint density at radius 1 is 1.42 bits per heavy atom. The Morgan fingerprint density at radius 3 is 2.79 bits per heavy atom. The van der Waals surface area contributed by atoms with Gasteiger partial charge in [0, 0.05) is 39.1 Å². The maximum absolute atomic E-state index is 12.0. The van der Waals surface area contributed by atoms with Crippen LogP contribution in [-0.2, 0) is 19.4 Å². The second-order valence-electron chi connectivity index (χ2n) is 5.10. The van der Waals surface area contributed by atoms with E-state index in [4.69, 9.17) is 0 Å². The van der Waals surface area contributed by atoms with Gasteiger partial charge in [-0.3, -0.25) is 9.59 Å². The van der Waals surface area contributed by atoms with Gasteiger partial charge < -0.3 is 15.1 Å². The highest BCUT2D eigenvalue weighted by molar-refractivity contribution is 7.91. The third-order valence-electron chi connectivity index (χ3n) is 3.53. The van der Waals surface area contributed by atoms with Gasteiger partial charge in [0.05, 0.1) is 18.1 Å². The van der Waals surface area contributed by atoms with Gasteiger partial charge in [-0.2, -0.15) is 0 Å². The number of amides is 2. The van der Waals surface area contributed by atoms with E-state index in [0.29, 0.717) is 19.6 Å². The van der Waals surface area contributed by atoms with E-state index in [9.17, 15) is 18.0 Å². The van der Waals surface area contributed by atoms with Crippen molar-refractivity contribution >= 4 is 21.7 Å². The minimum atomic E-state index is -3.04. The third-order valence-corrected chi connectivity index (χ3v) is 5.27. The number of sulfone groups is 1. The zero-order valence-corrected chi connectivity index (χ0v) is 11.8. The van der Waals surface area contributed by atoms with Gasteiger partial charge in [0.1, 0.15) is 0 Å². The first-order valence-corrected chi connectivity index (χ1v) is 8.15. The van der Waals surface area contributed by atoms with Crippen LogP contribution >= 0.6 is 0 Å². The van der Waals surface area contributed by atoms with Gasteiger partial charge in [-0.25, -0.2) is 8.42 Å². The lowest BCUT2D eigenvalue weighted by atomic mass is 10.2. The summed E-state index contributed by atoms with van der Waals surface area (Å²) in [6.07, 6.45) is 0.135. The topological polar surface area (TPSA) is 86.8 Å². The van der Waals surface area contributed by atoms with Crippen LogP contribution in [0.5, 0.6) is 0 Å². The molecule has 2 aliphatic heterocycles. The molecule has 2 saturated heterocycles. The molecule has 8 heteroatoms. The zero-order valence-electron chi connectivity index (χ0n) is 11.0. The van der Waals surface area contributed by atoms with Crippen LogP contribution in [0.3, 0.4) is 0 Å². The molecule has 0 aromatic heterocycles. The Morgan fingerprint density at radius 2 is 2.16 bits per heavy atom. The molecule has 0 radical (unpaired) electrons. The molecule has 108 valence electrons. The molecule has 0 aromatic rings. The minimum absolute atomic E-state index is 0.000426. The van der Waals surface area contributed by atoms with Crippen molar-refractivity contribution in [2.45, 2.75) is 12.5 Å². The zero-order chi connectivity index (χ0) is 14.0. The quantitative estimate of drug-likeness (QED) is 0.639. The van der Waals surface area contributed by atoms with Crippen molar-refractivity contribution in [1.29, 1.82) is 0 Å². The average Bonchev–Trinajstić information content (AvgIpc) is 2.31. The molecule has 2 aliphatic rings. The maximum Gasteiger partial charge on any atom is 0.241 e. The Hall–Kier alpha value is -1.15. The van der Waals surface area contributed by atoms with Gasteiger partial charge >= 0.3 is 0 Å². The van der Waals surface area contributed by atoms with Gasteiger partial charge in [0.25, 0.3) is 0 Å². The number of hydrogen-bond acceptors (Lipinski definition) is 5. The largest absolute Gasteiger partial charge is 0.342 e. The summed E-state index contributed by atoms with van der Waals surface area (Å²) in [4.78, 5) is 26.7. The molecule has 1 atom stereocenters. The van der Waals surface area contributed by atoms with E-state index in [0.717, 1.165) is 0 Å². The minimum Gasteiger partial charge on any atom is -0.342 e. The van der Waals surface area contributed by atoms with Crippen LogP contribution < -0.4 is 5.32 Å². The Labute approximate surface area is 112 Å². The van der Waals surface area contributed by atoms with Crippen LogP contribution in [0.25, 0.3) is 0 Å². The van der Waals surface area contributed by atoms with Crippen molar-refractivity contribution in [1.82, 2.24) is 15.1 Å². The normalized spacial score (nSPS) is 27.4. The van der Waals surface area contributed by atoms with Crippen molar-refractivity contribution in [2.24, 2.45) is 0 Å². The van der Waals surface area contributed by atoms with Gasteiger partial charge in [-0.15, -0.1) is 0 Å². The van der Waals surface area contributed by atoms with Gasteiger partial charge in [-0.05, 0) is 0 Å². The summed E-state index contributed by atoms with van der Waals surface area (Å²) in [6, 6.07) is -0.332. The number of piperazine rings is 1. The highest BCUT2D eigenvalue weighted by Crippen LogP contribution is 2.09. The third kappa shape index (κ3) is 3.66. The second-order valence-corrected chi connectivity index (χ2v) is 7.33. The molecule has 2 fully saturated rings. The number of carbonyl (C=O) groups is 2. The molecule has 1 unspecified atom stereocenters. The van der Waals surface area contributed by atoms with Gasteiger partial charge in [0.15, 0.2) is 9.84 Å². The molecular formula is C11H19N3O4S. The van der Waals surface area contributed by atoms with Gasteiger partial charge in [0.2, 0.25) is 11.8 Å². The standard InChI is InChI=1S/C11H19N3O4S/c1-13-3-4-14(7-11(13)16)10(15)6-9-8-19(17,18)5-2-12-9/h9,12H,2-8H2,1H3. The molecule has 0 aromatic carbocycles. The summed E-state index contributed by atoms with van der Waals surface area (Å²) in [6.45, 7) is 1.53. The first kappa shape index (κ1) is 14.3. The fraction of sp³-hybridized carbons (Fsp3) is 0.818. The van der Waals surface area contributed by atoms with E-state index in [-0.39, 0.29) is 42.3 Å². The van der Waals surface area contributed by atoms with Crippen LogP contribution in [0.2, 0.25) is 0 Å². The van der Waals surface area contributed by atoms with Crippen molar-refractivity contribution in [3.8, 4) is 0 Å². The number of nitrogens with zero attached hydrogens (tertiary/aromatic N) is 2. The Balaban J connectivity index is 1.89.